The molecule has 104 valence electrons. The van der Waals surface area contributed by atoms with Crippen LogP contribution in [-0.2, 0) is 4.79 Å². The maximum absolute atomic E-state index is 11.9. The molecule has 1 amide bonds. The molecule has 1 heterocycles. The fourth-order valence-electron chi connectivity index (χ4n) is 2.62. The van der Waals surface area contributed by atoms with Gasteiger partial charge in [0, 0.05) is 13.0 Å². The van der Waals surface area contributed by atoms with Gasteiger partial charge in [-0.1, -0.05) is 19.3 Å². The molecule has 1 saturated carbocycles. The number of carbonyl (C=O) groups excluding carboxylic acids is 1. The molecule has 1 aliphatic rings. The molecule has 0 spiro atoms. The zero-order valence-corrected chi connectivity index (χ0v) is 11.6. The summed E-state index contributed by atoms with van der Waals surface area (Å²) >= 11 is 0. The van der Waals surface area contributed by atoms with Gasteiger partial charge < -0.3 is 10.6 Å². The van der Waals surface area contributed by atoms with E-state index in [-0.39, 0.29) is 5.91 Å². The maximum Gasteiger partial charge on any atom is 0.224 e. The van der Waals surface area contributed by atoms with Crippen LogP contribution >= 0.6 is 0 Å². The molecule has 1 aromatic rings. The van der Waals surface area contributed by atoms with Crippen LogP contribution in [0.15, 0.2) is 18.3 Å². The number of carbonyl (C=O) groups is 1. The van der Waals surface area contributed by atoms with E-state index in [9.17, 15) is 4.79 Å². The van der Waals surface area contributed by atoms with Crippen molar-refractivity contribution >= 4 is 17.4 Å². The van der Waals surface area contributed by atoms with Crippen molar-refractivity contribution in [2.75, 3.05) is 17.2 Å². The van der Waals surface area contributed by atoms with Gasteiger partial charge in [0.1, 0.15) is 5.82 Å². The number of nitrogens with zero attached hydrogens (tertiary/aromatic N) is 1. The van der Waals surface area contributed by atoms with E-state index >= 15 is 0 Å². The van der Waals surface area contributed by atoms with Gasteiger partial charge in [-0.25, -0.2) is 4.98 Å². The van der Waals surface area contributed by atoms with Gasteiger partial charge in [-0.2, -0.15) is 0 Å². The molecule has 0 aliphatic heterocycles. The minimum Gasteiger partial charge on any atom is -0.370 e. The van der Waals surface area contributed by atoms with Crippen molar-refractivity contribution in [3.8, 4) is 0 Å². The molecule has 0 bridgehead atoms. The van der Waals surface area contributed by atoms with Gasteiger partial charge in [0.25, 0.3) is 0 Å². The SMILES string of the molecule is CCNc1ccc(NC(=O)CC2CCCCC2)cn1. The van der Waals surface area contributed by atoms with Crippen LogP contribution in [0.2, 0.25) is 0 Å². The average molecular weight is 261 g/mol. The van der Waals surface area contributed by atoms with Crippen LogP contribution in [0, 0.1) is 5.92 Å². The number of rotatable bonds is 5. The predicted octanol–water partition coefficient (Wildman–Crippen LogP) is 3.42. The number of pyridine rings is 1. The van der Waals surface area contributed by atoms with Crippen molar-refractivity contribution in [3.05, 3.63) is 18.3 Å². The van der Waals surface area contributed by atoms with Crippen molar-refractivity contribution < 1.29 is 4.79 Å². The Morgan fingerprint density at radius 2 is 2.11 bits per heavy atom. The van der Waals surface area contributed by atoms with E-state index < -0.39 is 0 Å². The molecule has 4 nitrogen and oxygen atoms in total. The van der Waals surface area contributed by atoms with E-state index in [1.165, 1.54) is 32.1 Å². The molecular formula is C15H23N3O. The van der Waals surface area contributed by atoms with Gasteiger partial charge in [0.05, 0.1) is 11.9 Å². The van der Waals surface area contributed by atoms with E-state index in [2.05, 4.69) is 15.6 Å². The Morgan fingerprint density at radius 3 is 2.74 bits per heavy atom. The van der Waals surface area contributed by atoms with E-state index in [1.807, 2.05) is 19.1 Å². The third kappa shape index (κ3) is 4.54. The summed E-state index contributed by atoms with van der Waals surface area (Å²) in [7, 11) is 0. The number of anilines is 2. The largest absolute Gasteiger partial charge is 0.370 e. The molecule has 2 rings (SSSR count). The van der Waals surface area contributed by atoms with Crippen LogP contribution in [0.1, 0.15) is 45.4 Å². The van der Waals surface area contributed by atoms with Crippen molar-refractivity contribution in [1.29, 1.82) is 0 Å². The Morgan fingerprint density at radius 1 is 1.32 bits per heavy atom. The quantitative estimate of drug-likeness (QED) is 0.854. The molecule has 1 fully saturated rings. The highest BCUT2D eigenvalue weighted by atomic mass is 16.1. The van der Waals surface area contributed by atoms with Crippen LogP contribution in [0.3, 0.4) is 0 Å². The highest BCUT2D eigenvalue weighted by Gasteiger charge is 2.16. The first-order valence-corrected chi connectivity index (χ1v) is 7.27. The van der Waals surface area contributed by atoms with E-state index in [0.29, 0.717) is 12.3 Å². The molecular weight excluding hydrogens is 238 g/mol. The number of nitrogens with one attached hydrogen (secondary N) is 2. The molecule has 4 heteroatoms. The standard InChI is InChI=1S/C15H23N3O/c1-2-16-14-9-8-13(11-17-14)18-15(19)10-12-6-4-3-5-7-12/h8-9,11-12H,2-7,10H2,1H3,(H,16,17)(H,18,19). The van der Waals surface area contributed by atoms with E-state index in [1.54, 1.807) is 6.20 Å². The lowest BCUT2D eigenvalue weighted by Crippen LogP contribution is -2.18. The summed E-state index contributed by atoms with van der Waals surface area (Å²) in [5.74, 6) is 1.53. The fourth-order valence-corrected chi connectivity index (χ4v) is 2.62. The first-order valence-electron chi connectivity index (χ1n) is 7.27. The number of aromatic nitrogens is 1. The van der Waals surface area contributed by atoms with Gasteiger partial charge in [-0.05, 0) is 37.8 Å². The topological polar surface area (TPSA) is 54.0 Å². The monoisotopic (exact) mass is 261 g/mol. The fraction of sp³-hybridized carbons (Fsp3) is 0.600. The highest BCUT2D eigenvalue weighted by Crippen LogP contribution is 2.26. The normalized spacial score (nSPS) is 16.1. The number of hydrogen-bond donors (Lipinski definition) is 2. The zero-order valence-electron chi connectivity index (χ0n) is 11.6. The molecule has 1 aromatic heterocycles. The Kier molecular flexibility index (Phi) is 5.19. The lowest BCUT2D eigenvalue weighted by Gasteiger charge is -2.20. The first kappa shape index (κ1) is 13.8. The molecule has 2 N–H and O–H groups in total. The Balaban J connectivity index is 1.80. The summed E-state index contributed by atoms with van der Waals surface area (Å²) in [5.41, 5.74) is 0.780. The van der Waals surface area contributed by atoms with Crippen LogP contribution in [0.5, 0.6) is 0 Å². The third-order valence-electron chi connectivity index (χ3n) is 3.60. The summed E-state index contributed by atoms with van der Waals surface area (Å²) in [6.45, 7) is 2.88. The van der Waals surface area contributed by atoms with Gasteiger partial charge in [-0.15, -0.1) is 0 Å². The van der Waals surface area contributed by atoms with Crippen LogP contribution in [0.4, 0.5) is 11.5 Å². The molecule has 19 heavy (non-hydrogen) atoms. The summed E-state index contributed by atoms with van der Waals surface area (Å²) in [5, 5.41) is 6.06. The summed E-state index contributed by atoms with van der Waals surface area (Å²) in [6, 6.07) is 3.78. The predicted molar refractivity (Wildman–Crippen MR) is 78.2 cm³/mol. The van der Waals surface area contributed by atoms with Gasteiger partial charge in [0.15, 0.2) is 0 Å². The number of amides is 1. The maximum atomic E-state index is 11.9. The smallest absolute Gasteiger partial charge is 0.224 e. The summed E-state index contributed by atoms with van der Waals surface area (Å²) < 4.78 is 0. The first-order chi connectivity index (χ1) is 9.28. The second-order valence-corrected chi connectivity index (χ2v) is 5.22. The van der Waals surface area contributed by atoms with Crippen LogP contribution < -0.4 is 10.6 Å². The van der Waals surface area contributed by atoms with Crippen LogP contribution in [-0.4, -0.2) is 17.4 Å². The molecule has 1 aliphatic carbocycles. The van der Waals surface area contributed by atoms with Crippen molar-refractivity contribution in [3.63, 3.8) is 0 Å². The summed E-state index contributed by atoms with van der Waals surface area (Å²) in [4.78, 5) is 16.2. The lowest BCUT2D eigenvalue weighted by atomic mass is 9.87. The van der Waals surface area contributed by atoms with E-state index in [0.717, 1.165) is 18.1 Å². The second-order valence-electron chi connectivity index (χ2n) is 5.22. The second kappa shape index (κ2) is 7.12. The van der Waals surface area contributed by atoms with Crippen molar-refractivity contribution in [2.24, 2.45) is 5.92 Å². The molecule has 0 aromatic carbocycles. The molecule has 0 radical (unpaired) electrons. The average Bonchev–Trinajstić information content (AvgIpc) is 2.42. The summed E-state index contributed by atoms with van der Waals surface area (Å²) in [6.07, 6.45) is 8.63. The minimum absolute atomic E-state index is 0.116. The molecule has 0 unspecified atom stereocenters. The minimum atomic E-state index is 0.116. The lowest BCUT2D eigenvalue weighted by molar-refractivity contribution is -0.117. The Hall–Kier alpha value is -1.58. The highest BCUT2D eigenvalue weighted by molar-refractivity contribution is 5.90. The number of hydrogen-bond acceptors (Lipinski definition) is 3. The third-order valence-corrected chi connectivity index (χ3v) is 3.60. The van der Waals surface area contributed by atoms with Crippen molar-refractivity contribution in [1.82, 2.24) is 4.98 Å². The van der Waals surface area contributed by atoms with Crippen LogP contribution in [0.25, 0.3) is 0 Å². The molecule has 0 saturated heterocycles. The van der Waals surface area contributed by atoms with Gasteiger partial charge in [0.2, 0.25) is 5.91 Å². The van der Waals surface area contributed by atoms with Gasteiger partial charge >= 0.3 is 0 Å². The van der Waals surface area contributed by atoms with Crippen molar-refractivity contribution in [2.45, 2.75) is 45.4 Å². The Bertz CT molecular complexity index is 396. The van der Waals surface area contributed by atoms with Gasteiger partial charge in [-0.3, -0.25) is 4.79 Å². The molecule has 0 atom stereocenters. The Labute approximate surface area is 115 Å². The zero-order chi connectivity index (χ0) is 13.5. The van der Waals surface area contributed by atoms with E-state index in [4.69, 9.17) is 0 Å².